The Morgan fingerprint density at radius 1 is 0.564 bits per heavy atom. The lowest BCUT2D eigenvalue weighted by Crippen LogP contribution is -2.28. The molecule has 0 unspecified atom stereocenters. The van der Waals surface area contributed by atoms with E-state index < -0.39 is 0 Å². The van der Waals surface area contributed by atoms with Crippen molar-refractivity contribution in [1.29, 1.82) is 0 Å². The van der Waals surface area contributed by atoms with Gasteiger partial charge in [0, 0.05) is 11.1 Å². The SMILES string of the molecule is O=C(NCCOc1ccccc1Cl)c1ccc(Oc2ccc(C(=O)NCCOc3ccccc3Cl)cc2)cc1. The highest BCUT2D eigenvalue weighted by molar-refractivity contribution is 6.32. The molecular weight excluding hydrogens is 539 g/mol. The summed E-state index contributed by atoms with van der Waals surface area (Å²) < 4.78 is 17.0. The maximum absolute atomic E-state index is 12.4. The van der Waals surface area contributed by atoms with Crippen LogP contribution in [0.2, 0.25) is 10.0 Å². The molecule has 7 nitrogen and oxygen atoms in total. The zero-order valence-electron chi connectivity index (χ0n) is 20.9. The van der Waals surface area contributed by atoms with Crippen LogP contribution in [0.4, 0.5) is 0 Å². The highest BCUT2D eigenvalue weighted by atomic mass is 35.5. The van der Waals surface area contributed by atoms with E-state index in [0.29, 0.717) is 70.5 Å². The third-order valence-electron chi connectivity index (χ3n) is 5.43. The molecule has 200 valence electrons. The Hall–Kier alpha value is -4.20. The van der Waals surface area contributed by atoms with E-state index >= 15 is 0 Å². The van der Waals surface area contributed by atoms with Crippen molar-refractivity contribution in [3.8, 4) is 23.0 Å². The van der Waals surface area contributed by atoms with E-state index in [1.54, 1.807) is 72.8 Å². The Balaban J connectivity index is 1.18. The van der Waals surface area contributed by atoms with E-state index in [9.17, 15) is 9.59 Å². The zero-order valence-corrected chi connectivity index (χ0v) is 22.4. The van der Waals surface area contributed by atoms with Gasteiger partial charge in [0.05, 0.1) is 23.1 Å². The van der Waals surface area contributed by atoms with E-state index in [1.165, 1.54) is 0 Å². The van der Waals surface area contributed by atoms with Crippen molar-refractivity contribution in [3.05, 3.63) is 118 Å². The fraction of sp³-hybridized carbons (Fsp3) is 0.133. The summed E-state index contributed by atoms with van der Waals surface area (Å²) in [6.45, 7) is 1.25. The first-order valence-electron chi connectivity index (χ1n) is 12.2. The van der Waals surface area contributed by atoms with Crippen LogP contribution in [0.1, 0.15) is 20.7 Å². The van der Waals surface area contributed by atoms with Gasteiger partial charge in [-0.05, 0) is 72.8 Å². The van der Waals surface area contributed by atoms with E-state index in [4.69, 9.17) is 37.4 Å². The standard InChI is InChI=1S/C30H26Cl2N2O5/c31-25-5-1-3-7-27(25)37-19-17-33-29(35)21-9-13-23(14-10-21)39-24-15-11-22(12-16-24)30(36)34-18-20-38-28-8-4-2-6-26(28)32/h1-16H,17-20H2,(H,33,35)(H,34,36). The lowest BCUT2D eigenvalue weighted by molar-refractivity contribution is 0.0939. The van der Waals surface area contributed by atoms with Crippen LogP contribution in [0.5, 0.6) is 23.0 Å². The number of hydrogen-bond donors (Lipinski definition) is 2. The first-order chi connectivity index (χ1) is 19.0. The molecule has 0 heterocycles. The van der Waals surface area contributed by atoms with Crippen molar-refractivity contribution >= 4 is 35.0 Å². The van der Waals surface area contributed by atoms with Crippen molar-refractivity contribution < 1.29 is 23.8 Å². The maximum Gasteiger partial charge on any atom is 0.251 e. The summed E-state index contributed by atoms with van der Waals surface area (Å²) in [5.41, 5.74) is 0.983. The van der Waals surface area contributed by atoms with E-state index in [0.717, 1.165) is 0 Å². The number of carbonyl (C=O) groups excluding carboxylic acids is 2. The summed E-state index contributed by atoms with van der Waals surface area (Å²) in [4.78, 5) is 24.8. The van der Waals surface area contributed by atoms with Crippen LogP contribution in [0.15, 0.2) is 97.1 Å². The van der Waals surface area contributed by atoms with Crippen LogP contribution < -0.4 is 24.8 Å². The van der Waals surface area contributed by atoms with Gasteiger partial charge in [0.25, 0.3) is 11.8 Å². The largest absolute Gasteiger partial charge is 0.490 e. The van der Waals surface area contributed by atoms with Gasteiger partial charge in [-0.15, -0.1) is 0 Å². The summed E-state index contributed by atoms with van der Waals surface area (Å²) in [6.07, 6.45) is 0. The smallest absolute Gasteiger partial charge is 0.251 e. The second-order valence-electron chi connectivity index (χ2n) is 8.22. The van der Waals surface area contributed by atoms with Crippen LogP contribution >= 0.6 is 23.2 Å². The van der Waals surface area contributed by atoms with Crippen molar-refractivity contribution in [2.75, 3.05) is 26.3 Å². The molecule has 0 atom stereocenters. The second-order valence-corrected chi connectivity index (χ2v) is 9.03. The number of carbonyl (C=O) groups is 2. The predicted molar refractivity (Wildman–Crippen MR) is 152 cm³/mol. The molecule has 0 saturated heterocycles. The maximum atomic E-state index is 12.4. The van der Waals surface area contributed by atoms with E-state index in [1.807, 2.05) is 24.3 Å². The van der Waals surface area contributed by atoms with Gasteiger partial charge in [-0.1, -0.05) is 47.5 Å². The first-order valence-corrected chi connectivity index (χ1v) is 12.9. The lowest BCUT2D eigenvalue weighted by Gasteiger charge is -2.10. The first kappa shape index (κ1) is 27.8. The Bertz CT molecular complexity index is 1290. The predicted octanol–water partition coefficient (Wildman–Crippen LogP) is 6.40. The molecule has 2 N–H and O–H groups in total. The number of amides is 2. The summed E-state index contributed by atoms with van der Waals surface area (Å²) in [5.74, 6) is 1.81. The molecular formula is C30H26Cl2N2O5. The number of para-hydroxylation sites is 2. The van der Waals surface area contributed by atoms with Gasteiger partial charge >= 0.3 is 0 Å². The topological polar surface area (TPSA) is 85.9 Å². The molecule has 0 aromatic heterocycles. The third-order valence-corrected chi connectivity index (χ3v) is 6.06. The molecule has 4 aromatic rings. The van der Waals surface area contributed by atoms with Gasteiger partial charge in [0.15, 0.2) is 0 Å². The third kappa shape index (κ3) is 8.40. The fourth-order valence-electron chi connectivity index (χ4n) is 3.46. The van der Waals surface area contributed by atoms with Crippen molar-refractivity contribution in [2.24, 2.45) is 0 Å². The Kier molecular flexibility index (Phi) is 10.1. The molecule has 4 aromatic carbocycles. The molecule has 0 aliphatic carbocycles. The number of ether oxygens (including phenoxy) is 3. The number of rotatable bonds is 12. The quantitative estimate of drug-likeness (QED) is 0.194. The summed E-state index contributed by atoms with van der Waals surface area (Å²) >= 11 is 12.1. The fourth-order valence-corrected chi connectivity index (χ4v) is 3.84. The molecule has 0 fully saturated rings. The average Bonchev–Trinajstić information content (AvgIpc) is 2.96. The summed E-state index contributed by atoms with van der Waals surface area (Å²) in [5, 5.41) is 6.65. The minimum absolute atomic E-state index is 0.225. The molecule has 0 radical (unpaired) electrons. The van der Waals surface area contributed by atoms with Crippen LogP contribution in [0.3, 0.4) is 0 Å². The Labute approximate surface area is 236 Å². The molecule has 0 aliphatic heterocycles. The lowest BCUT2D eigenvalue weighted by atomic mass is 10.2. The van der Waals surface area contributed by atoms with Gasteiger partial charge in [0.2, 0.25) is 0 Å². The highest BCUT2D eigenvalue weighted by Crippen LogP contribution is 2.24. The van der Waals surface area contributed by atoms with Gasteiger partial charge in [-0.3, -0.25) is 9.59 Å². The molecule has 0 saturated carbocycles. The normalized spacial score (nSPS) is 10.4. The van der Waals surface area contributed by atoms with Crippen LogP contribution in [0.25, 0.3) is 0 Å². The Morgan fingerprint density at radius 3 is 1.33 bits per heavy atom. The summed E-state index contributed by atoms with van der Waals surface area (Å²) in [6, 6.07) is 27.8. The molecule has 2 amide bonds. The zero-order chi connectivity index (χ0) is 27.5. The molecule has 0 aliphatic rings. The van der Waals surface area contributed by atoms with Gasteiger partial charge in [-0.2, -0.15) is 0 Å². The number of benzene rings is 4. The molecule has 4 rings (SSSR count). The molecule has 0 bridgehead atoms. The monoisotopic (exact) mass is 564 g/mol. The van der Waals surface area contributed by atoms with E-state index in [2.05, 4.69) is 10.6 Å². The molecule has 9 heteroatoms. The molecule has 0 spiro atoms. The average molecular weight is 565 g/mol. The highest BCUT2D eigenvalue weighted by Gasteiger charge is 2.09. The van der Waals surface area contributed by atoms with Crippen molar-refractivity contribution in [2.45, 2.75) is 0 Å². The van der Waals surface area contributed by atoms with Crippen molar-refractivity contribution in [3.63, 3.8) is 0 Å². The number of hydrogen-bond acceptors (Lipinski definition) is 5. The Morgan fingerprint density at radius 2 is 0.949 bits per heavy atom. The van der Waals surface area contributed by atoms with E-state index in [-0.39, 0.29) is 11.8 Å². The number of nitrogens with one attached hydrogen (secondary N) is 2. The van der Waals surface area contributed by atoms with Crippen LogP contribution in [0, 0.1) is 0 Å². The summed E-state index contributed by atoms with van der Waals surface area (Å²) in [7, 11) is 0. The number of halogens is 2. The second kappa shape index (κ2) is 14.1. The van der Waals surface area contributed by atoms with Gasteiger partial charge in [-0.25, -0.2) is 0 Å². The van der Waals surface area contributed by atoms with Gasteiger partial charge in [0.1, 0.15) is 36.2 Å². The minimum Gasteiger partial charge on any atom is -0.490 e. The molecule has 39 heavy (non-hydrogen) atoms. The minimum atomic E-state index is -0.225. The van der Waals surface area contributed by atoms with Crippen LogP contribution in [-0.4, -0.2) is 38.1 Å². The van der Waals surface area contributed by atoms with Crippen LogP contribution in [-0.2, 0) is 0 Å². The van der Waals surface area contributed by atoms with Gasteiger partial charge < -0.3 is 24.8 Å². The van der Waals surface area contributed by atoms with Crippen molar-refractivity contribution in [1.82, 2.24) is 10.6 Å².